The maximum atomic E-state index is 12.0. The van der Waals surface area contributed by atoms with Crippen LogP contribution in [0.1, 0.15) is 29.7 Å². The van der Waals surface area contributed by atoms with Gasteiger partial charge in [-0.05, 0) is 60.4 Å². The van der Waals surface area contributed by atoms with Crippen molar-refractivity contribution in [1.82, 2.24) is 25.0 Å². The molecule has 1 saturated carbocycles. The van der Waals surface area contributed by atoms with E-state index in [4.69, 9.17) is 5.73 Å². The summed E-state index contributed by atoms with van der Waals surface area (Å²) in [4.78, 5) is 21.1. The number of carbonyl (C=O) groups is 1. The Morgan fingerprint density at radius 2 is 2.00 bits per heavy atom. The number of fused-ring (bicyclic) bond motifs is 2. The first-order valence-electron chi connectivity index (χ1n) is 10.1. The van der Waals surface area contributed by atoms with Gasteiger partial charge in [-0.2, -0.15) is 0 Å². The van der Waals surface area contributed by atoms with Crippen molar-refractivity contribution in [3.05, 3.63) is 53.5 Å². The van der Waals surface area contributed by atoms with Crippen LogP contribution in [-0.4, -0.2) is 37.9 Å². The summed E-state index contributed by atoms with van der Waals surface area (Å²) in [6, 6.07) is 8.25. The number of anilines is 1. The van der Waals surface area contributed by atoms with Gasteiger partial charge in [-0.1, -0.05) is 11.3 Å². The van der Waals surface area contributed by atoms with Gasteiger partial charge < -0.3 is 11.1 Å². The number of hydrogen-bond donors (Lipinski definition) is 2. The van der Waals surface area contributed by atoms with Crippen LogP contribution in [0.5, 0.6) is 0 Å². The molecule has 0 saturated heterocycles. The van der Waals surface area contributed by atoms with E-state index in [0.29, 0.717) is 0 Å². The minimum Gasteiger partial charge on any atom is -0.373 e. The largest absolute Gasteiger partial charge is 0.373 e. The highest BCUT2D eigenvalue weighted by molar-refractivity contribution is 5.96. The molecule has 0 radical (unpaired) electrons. The quantitative estimate of drug-likeness (QED) is 0.513. The molecule has 152 valence electrons. The first kappa shape index (κ1) is 18.5. The van der Waals surface area contributed by atoms with Crippen LogP contribution < -0.4 is 11.1 Å². The van der Waals surface area contributed by atoms with Crippen LogP contribution in [-0.2, 0) is 30.1 Å². The van der Waals surface area contributed by atoms with Crippen molar-refractivity contribution in [3.8, 4) is 0 Å². The van der Waals surface area contributed by atoms with Gasteiger partial charge in [0.15, 0.2) is 0 Å². The predicted octanol–water partition coefficient (Wildman–Crippen LogP) is 2.26. The summed E-state index contributed by atoms with van der Waals surface area (Å²) in [6.45, 7) is 0. The molecule has 3 N–H and O–H groups in total. The highest BCUT2D eigenvalue weighted by Gasteiger charge is 2.51. The van der Waals surface area contributed by atoms with Crippen molar-refractivity contribution in [3.63, 3.8) is 0 Å². The van der Waals surface area contributed by atoms with Gasteiger partial charge in [0.05, 0.1) is 16.6 Å². The molecule has 3 aromatic heterocycles. The summed E-state index contributed by atoms with van der Waals surface area (Å²) in [5.41, 5.74) is 10.1. The molecule has 1 fully saturated rings. The second-order valence-electron chi connectivity index (χ2n) is 7.98. The van der Waals surface area contributed by atoms with E-state index in [-0.39, 0.29) is 5.91 Å². The molecule has 5 rings (SSSR count). The van der Waals surface area contributed by atoms with E-state index in [0.717, 1.165) is 64.6 Å². The van der Waals surface area contributed by atoms with E-state index in [2.05, 4.69) is 37.7 Å². The van der Waals surface area contributed by atoms with Crippen molar-refractivity contribution in [2.75, 3.05) is 12.4 Å². The Bertz CT molecular complexity index is 1290. The van der Waals surface area contributed by atoms with Crippen LogP contribution in [0.4, 0.5) is 5.82 Å². The van der Waals surface area contributed by atoms with E-state index >= 15 is 0 Å². The van der Waals surface area contributed by atoms with E-state index in [1.54, 1.807) is 4.68 Å². The molecule has 0 atom stereocenters. The van der Waals surface area contributed by atoms with E-state index in [1.807, 2.05) is 38.6 Å². The second-order valence-corrected chi connectivity index (χ2v) is 7.98. The van der Waals surface area contributed by atoms with Gasteiger partial charge in [-0.3, -0.25) is 9.78 Å². The number of primary amides is 1. The molecule has 30 heavy (non-hydrogen) atoms. The fraction of sp³-hybridized carbons (Fsp3) is 0.318. The Kier molecular flexibility index (Phi) is 4.16. The van der Waals surface area contributed by atoms with Gasteiger partial charge in [0.2, 0.25) is 5.91 Å². The van der Waals surface area contributed by atoms with Crippen LogP contribution in [0.2, 0.25) is 0 Å². The number of benzene rings is 1. The fourth-order valence-corrected chi connectivity index (χ4v) is 4.12. The van der Waals surface area contributed by atoms with Crippen LogP contribution in [0, 0.1) is 0 Å². The SMILES string of the molecule is CNc1ncc(CCc2ccc3nnn(C)c3c2)c2cc(C3(C(N)=O)CC3)ncc12. The Balaban J connectivity index is 1.52. The summed E-state index contributed by atoms with van der Waals surface area (Å²) in [5, 5.41) is 13.4. The van der Waals surface area contributed by atoms with Crippen molar-refractivity contribution < 1.29 is 4.79 Å². The summed E-state index contributed by atoms with van der Waals surface area (Å²) in [5.74, 6) is 0.482. The summed E-state index contributed by atoms with van der Waals surface area (Å²) >= 11 is 0. The first-order valence-corrected chi connectivity index (χ1v) is 10.1. The zero-order valence-electron chi connectivity index (χ0n) is 17.0. The number of amides is 1. The number of aryl methyl sites for hydroxylation is 3. The maximum Gasteiger partial charge on any atom is 0.229 e. The minimum absolute atomic E-state index is 0.295. The molecule has 8 heteroatoms. The zero-order chi connectivity index (χ0) is 20.9. The smallest absolute Gasteiger partial charge is 0.229 e. The van der Waals surface area contributed by atoms with Crippen LogP contribution in [0.25, 0.3) is 21.8 Å². The van der Waals surface area contributed by atoms with Crippen molar-refractivity contribution in [2.45, 2.75) is 31.1 Å². The normalized spacial score (nSPS) is 14.9. The van der Waals surface area contributed by atoms with Gasteiger partial charge in [-0.15, -0.1) is 5.10 Å². The predicted molar refractivity (Wildman–Crippen MR) is 115 cm³/mol. The van der Waals surface area contributed by atoms with Crippen molar-refractivity contribution in [1.29, 1.82) is 0 Å². The Morgan fingerprint density at radius 3 is 2.73 bits per heavy atom. The summed E-state index contributed by atoms with van der Waals surface area (Å²) in [7, 11) is 3.74. The number of nitrogens with one attached hydrogen (secondary N) is 1. The second kappa shape index (κ2) is 6.76. The Hall–Kier alpha value is -3.55. The number of rotatable bonds is 6. The molecular weight excluding hydrogens is 378 g/mol. The van der Waals surface area contributed by atoms with Gasteiger partial charge in [0.1, 0.15) is 11.3 Å². The minimum atomic E-state index is -0.605. The third-order valence-corrected chi connectivity index (χ3v) is 6.16. The number of nitrogens with two attached hydrogens (primary N) is 1. The zero-order valence-corrected chi connectivity index (χ0v) is 17.0. The summed E-state index contributed by atoms with van der Waals surface area (Å²) < 4.78 is 1.79. The highest BCUT2D eigenvalue weighted by atomic mass is 16.1. The molecule has 0 bridgehead atoms. The van der Waals surface area contributed by atoms with E-state index in [9.17, 15) is 4.79 Å². The third-order valence-electron chi connectivity index (χ3n) is 6.16. The molecular formula is C22H23N7O. The van der Waals surface area contributed by atoms with Gasteiger partial charge in [0, 0.05) is 31.9 Å². The highest BCUT2D eigenvalue weighted by Crippen LogP contribution is 2.47. The lowest BCUT2D eigenvalue weighted by Gasteiger charge is -2.15. The lowest BCUT2D eigenvalue weighted by atomic mass is 9.96. The van der Waals surface area contributed by atoms with E-state index in [1.165, 1.54) is 5.56 Å². The third kappa shape index (κ3) is 2.87. The molecule has 1 amide bonds. The molecule has 0 unspecified atom stereocenters. The number of carbonyl (C=O) groups excluding carboxylic acids is 1. The molecule has 1 aliphatic rings. The van der Waals surface area contributed by atoms with Gasteiger partial charge in [0.25, 0.3) is 0 Å². The molecule has 0 aliphatic heterocycles. The summed E-state index contributed by atoms with van der Waals surface area (Å²) in [6.07, 6.45) is 6.92. The lowest BCUT2D eigenvalue weighted by molar-refractivity contribution is -0.120. The average Bonchev–Trinajstić information content (AvgIpc) is 3.50. The van der Waals surface area contributed by atoms with Crippen molar-refractivity contribution >= 4 is 33.5 Å². The van der Waals surface area contributed by atoms with Gasteiger partial charge >= 0.3 is 0 Å². The first-order chi connectivity index (χ1) is 14.5. The van der Waals surface area contributed by atoms with Crippen LogP contribution in [0.3, 0.4) is 0 Å². The molecule has 4 aromatic rings. The Morgan fingerprint density at radius 1 is 1.17 bits per heavy atom. The lowest BCUT2D eigenvalue weighted by Crippen LogP contribution is -2.29. The average molecular weight is 401 g/mol. The molecule has 1 aliphatic carbocycles. The molecule has 1 aromatic carbocycles. The monoisotopic (exact) mass is 401 g/mol. The number of pyridine rings is 2. The number of nitrogens with zero attached hydrogens (tertiary/aromatic N) is 5. The molecule has 8 nitrogen and oxygen atoms in total. The van der Waals surface area contributed by atoms with E-state index < -0.39 is 5.41 Å². The number of hydrogen-bond acceptors (Lipinski definition) is 6. The fourth-order valence-electron chi connectivity index (χ4n) is 4.12. The Labute approximate surface area is 173 Å². The number of aromatic nitrogens is 5. The standard InChI is InChI=1S/C22H23N7O/c1-24-20-16-12-25-19(22(7-8-22)21(23)30)10-15(16)14(11-26-20)5-3-13-4-6-17-18(9-13)29(2)28-27-17/h4,6,9-12H,3,5,7-8H2,1-2H3,(H2,23,30)(H,24,26). The van der Waals surface area contributed by atoms with Gasteiger partial charge in [-0.25, -0.2) is 9.67 Å². The van der Waals surface area contributed by atoms with Crippen molar-refractivity contribution in [2.24, 2.45) is 12.8 Å². The maximum absolute atomic E-state index is 12.0. The van der Waals surface area contributed by atoms with Crippen LogP contribution >= 0.6 is 0 Å². The molecule has 3 heterocycles. The molecule has 0 spiro atoms. The van der Waals surface area contributed by atoms with Crippen LogP contribution in [0.15, 0.2) is 36.7 Å². The topological polar surface area (TPSA) is 112 Å².